The second kappa shape index (κ2) is 15.5. The molecule has 0 saturated carbocycles. The minimum Gasteiger partial charge on any atom is -0.756 e. The molecule has 10 atom stereocenters. The summed E-state index contributed by atoms with van der Waals surface area (Å²) in [5, 5.41) is 53.5. The van der Waals surface area contributed by atoms with E-state index in [4.69, 9.17) is 21.6 Å². The first-order valence-corrected chi connectivity index (χ1v) is 18.9. The molecule has 1 amide bonds. The van der Waals surface area contributed by atoms with E-state index >= 15 is 0 Å². The van der Waals surface area contributed by atoms with Gasteiger partial charge < -0.3 is 59.8 Å². The van der Waals surface area contributed by atoms with Gasteiger partial charge in [-0.2, -0.15) is 10.2 Å². The number of phosphoric ester groups is 2. The molecule has 7 N–H and O–H groups in total. The Morgan fingerprint density at radius 2 is 1.68 bits per heavy atom. The minimum atomic E-state index is -5.72. The van der Waals surface area contributed by atoms with Crippen molar-refractivity contribution in [3.63, 3.8) is 0 Å². The highest BCUT2D eigenvalue weighted by Crippen LogP contribution is 2.56. The molecule has 3 aliphatic heterocycles. The van der Waals surface area contributed by atoms with Crippen molar-refractivity contribution in [3.05, 3.63) is 48.0 Å². The molecule has 286 valence electrons. The van der Waals surface area contributed by atoms with Gasteiger partial charge in [0.25, 0.3) is 15.6 Å². The molecule has 6 rings (SSSR count). The molecule has 53 heavy (non-hydrogen) atoms. The van der Waals surface area contributed by atoms with Crippen molar-refractivity contribution in [1.29, 1.82) is 0 Å². The lowest BCUT2D eigenvalue weighted by atomic mass is 10.00. The highest BCUT2D eigenvalue weighted by atomic mass is 31.3. The van der Waals surface area contributed by atoms with E-state index in [0.717, 1.165) is 0 Å². The summed E-state index contributed by atoms with van der Waals surface area (Å²) in [5.41, 5.74) is 5.56. The summed E-state index contributed by atoms with van der Waals surface area (Å²) in [4.78, 5) is 49.1. The number of benzene rings is 1. The largest absolute Gasteiger partial charge is 0.756 e. The van der Waals surface area contributed by atoms with Gasteiger partial charge in [0.15, 0.2) is 28.9 Å². The topological polar surface area (TPSA) is 331 Å². The van der Waals surface area contributed by atoms with Crippen molar-refractivity contribution >= 4 is 38.5 Å². The van der Waals surface area contributed by atoms with Crippen molar-refractivity contribution < 1.29 is 67.0 Å². The number of imidazole rings is 1. The minimum absolute atomic E-state index is 0.0864. The van der Waals surface area contributed by atoms with Crippen molar-refractivity contribution in [2.45, 2.75) is 73.9 Å². The maximum atomic E-state index is 12.5. The van der Waals surface area contributed by atoms with Gasteiger partial charge in [-0.1, -0.05) is 12.1 Å². The van der Waals surface area contributed by atoms with Crippen LogP contribution in [0.1, 0.15) is 47.5 Å². The van der Waals surface area contributed by atoms with E-state index in [0.29, 0.717) is 37.1 Å². The van der Waals surface area contributed by atoms with E-state index in [9.17, 15) is 44.1 Å². The second-order valence-corrected chi connectivity index (χ2v) is 15.2. The van der Waals surface area contributed by atoms with E-state index in [1.54, 1.807) is 0 Å². The van der Waals surface area contributed by atoms with E-state index in [1.165, 1.54) is 41.5 Å². The molecule has 22 nitrogen and oxygen atoms in total. The fourth-order valence-electron chi connectivity index (χ4n) is 5.84. The molecule has 5 heterocycles. The molecule has 3 aromatic rings. The molecule has 2 saturated heterocycles. The quantitative estimate of drug-likeness (QED) is 0.0690. The lowest BCUT2D eigenvalue weighted by Gasteiger charge is -2.32. The Hall–Kier alpha value is -3.78. The molecule has 0 radical (unpaired) electrons. The summed E-state index contributed by atoms with van der Waals surface area (Å²) in [6, 6.07) is 5.65. The van der Waals surface area contributed by atoms with Gasteiger partial charge >= 0.3 is 0 Å². The first kappa shape index (κ1) is 38.9. The smallest absolute Gasteiger partial charge is 0.274 e. The number of carbonyl (C=O) groups is 1. The van der Waals surface area contributed by atoms with Crippen LogP contribution in [0.15, 0.2) is 47.1 Å². The molecule has 2 aromatic heterocycles. The van der Waals surface area contributed by atoms with Gasteiger partial charge in [0.1, 0.15) is 49.1 Å². The number of phosphoric acid groups is 2. The summed E-state index contributed by atoms with van der Waals surface area (Å²) in [5.74, 6) is 2.15. The molecule has 3 aliphatic rings. The first-order chi connectivity index (χ1) is 25.1. The number of hydrogen-bond acceptors (Lipinski definition) is 20. The number of amides is 1. The Morgan fingerprint density at radius 3 is 2.34 bits per heavy atom. The van der Waals surface area contributed by atoms with Crippen LogP contribution in [0, 0.1) is 12.3 Å². The number of aliphatic hydroxyl groups excluding tert-OH is 4. The number of rotatable bonds is 17. The number of nitrogens with zero attached hydrogens (tertiary/aromatic N) is 6. The zero-order valence-electron chi connectivity index (χ0n) is 27.4. The Labute approximate surface area is 300 Å². The van der Waals surface area contributed by atoms with Gasteiger partial charge in [0.05, 0.1) is 19.5 Å². The number of anilines is 1. The van der Waals surface area contributed by atoms with E-state index in [2.05, 4.69) is 49.8 Å². The third-order valence-corrected chi connectivity index (χ3v) is 11.2. The number of aliphatic hydroxyl groups is 4. The molecule has 4 unspecified atom stereocenters. The number of fused-ring (bicyclic) bond motifs is 1. The van der Waals surface area contributed by atoms with Crippen LogP contribution in [0.2, 0.25) is 0 Å². The Balaban J connectivity index is 1.01. The predicted octanol–water partition coefficient (Wildman–Crippen LogP) is -1.23. The van der Waals surface area contributed by atoms with Crippen LogP contribution in [0.5, 0.6) is 0 Å². The fraction of sp³-hybridized carbons (Fsp3) is 0.517. The van der Waals surface area contributed by atoms with Crippen LogP contribution < -0.4 is 20.8 Å². The molecule has 1 aromatic carbocycles. The van der Waals surface area contributed by atoms with Gasteiger partial charge in [0.2, 0.25) is 5.91 Å². The van der Waals surface area contributed by atoms with Crippen LogP contribution in [-0.2, 0) is 32.0 Å². The van der Waals surface area contributed by atoms with Crippen LogP contribution in [0.25, 0.3) is 11.2 Å². The average Bonchev–Trinajstić information content (AvgIpc) is 3.52. The lowest BCUT2D eigenvalue weighted by molar-refractivity contribution is -0.246. The number of terminal acetylenes is 1. The zero-order chi connectivity index (χ0) is 38.1. The molecular weight excluding hydrogens is 746 g/mol. The third kappa shape index (κ3) is 8.80. The third-order valence-electron chi connectivity index (χ3n) is 8.70. The number of carbonyl (C=O) groups excluding carboxylic acids is 1. The maximum Gasteiger partial charge on any atom is 0.274 e. The molecule has 0 spiro atoms. The van der Waals surface area contributed by atoms with E-state index in [1.807, 2.05) is 0 Å². The van der Waals surface area contributed by atoms with Crippen molar-refractivity contribution in [1.82, 2.24) is 19.5 Å². The fourth-order valence-corrected chi connectivity index (χ4v) is 7.86. The molecular formula is C29H34N8O14P2-2. The number of hydrogen-bond donors (Lipinski definition) is 6. The van der Waals surface area contributed by atoms with Crippen LogP contribution in [0.3, 0.4) is 0 Å². The Bertz CT molecular complexity index is 1990. The van der Waals surface area contributed by atoms with E-state index in [-0.39, 0.29) is 16.8 Å². The standard InChI is InChI=1S/C29H36N8O14P2/c1-2-3-7-29(35-36-29)8-9-31-26-19-27(33-13-32-26)37(14-34-19)28-23(41)21(39)18(50-28)12-48-53(45,46)51-52(43,44)47-11-17-20(38)22(40)24(49-17)15-5-4-6-16(10-15)25(30)42/h1,4-6,10,13-14,17-18,20-24,28,38-41H,3,7-9,11-12H2,(H2,30,42)(H,43,44)(H,45,46)(H,31,32,33)/p-2/t17-,18+,20?,21-,22+,23?,24+,28+/m1/s1. The second-order valence-electron chi connectivity index (χ2n) is 12.3. The first-order valence-electron chi connectivity index (χ1n) is 16.0. The Kier molecular flexibility index (Phi) is 11.4. The lowest BCUT2D eigenvalue weighted by Crippen LogP contribution is -2.34. The van der Waals surface area contributed by atoms with Gasteiger partial charge in [-0.25, -0.2) is 19.3 Å². The number of nitrogens with two attached hydrogens (primary N) is 1. The highest BCUT2D eigenvalue weighted by molar-refractivity contribution is 7.59. The molecule has 0 aliphatic carbocycles. The zero-order valence-corrected chi connectivity index (χ0v) is 29.2. The summed E-state index contributed by atoms with van der Waals surface area (Å²) in [7, 11) is -11.4. The average molecular weight is 781 g/mol. The summed E-state index contributed by atoms with van der Waals surface area (Å²) >= 11 is 0. The highest BCUT2D eigenvalue weighted by Gasteiger charge is 2.46. The van der Waals surface area contributed by atoms with Crippen LogP contribution >= 0.6 is 15.6 Å². The number of primary amides is 1. The van der Waals surface area contributed by atoms with Crippen molar-refractivity contribution in [2.24, 2.45) is 16.0 Å². The number of ether oxygens (including phenoxy) is 2. The SMILES string of the molecule is C#CCCC1(CCNc2ncnc3c2ncn3[C@H]2O[C@@H](COP(=O)([O-])OP(=O)([O-])OC[C@H]3O[C@@H](c4cccc(C(N)=O)c4)[C@@H](O)C3O)[C@@H](O)C2O)N=N1. The maximum absolute atomic E-state index is 12.5. The number of aromatic nitrogens is 4. The summed E-state index contributed by atoms with van der Waals surface area (Å²) in [6.45, 7) is -1.56. The normalized spacial score (nSPS) is 29.8. The van der Waals surface area contributed by atoms with Crippen molar-refractivity contribution in [2.75, 3.05) is 25.1 Å². The molecule has 2 fully saturated rings. The summed E-state index contributed by atoms with van der Waals surface area (Å²) in [6.07, 6.45) is -2.64. The molecule has 24 heteroatoms. The monoisotopic (exact) mass is 780 g/mol. The predicted molar refractivity (Wildman–Crippen MR) is 173 cm³/mol. The van der Waals surface area contributed by atoms with E-state index < -0.39 is 89.4 Å². The van der Waals surface area contributed by atoms with Crippen molar-refractivity contribution in [3.8, 4) is 12.3 Å². The van der Waals surface area contributed by atoms with Gasteiger partial charge in [-0.15, -0.1) is 12.3 Å². The molecule has 0 bridgehead atoms. The summed E-state index contributed by atoms with van der Waals surface area (Å²) < 4.78 is 50.7. The number of nitrogens with one attached hydrogen (secondary N) is 1. The van der Waals surface area contributed by atoms with Gasteiger partial charge in [-0.3, -0.25) is 18.5 Å². The van der Waals surface area contributed by atoms with Crippen LogP contribution in [-0.4, -0.2) is 108 Å². The Morgan fingerprint density at radius 1 is 1.00 bits per heavy atom. The van der Waals surface area contributed by atoms with Gasteiger partial charge in [0, 0.05) is 31.4 Å². The van der Waals surface area contributed by atoms with Gasteiger partial charge in [-0.05, 0) is 17.7 Å². The van der Waals surface area contributed by atoms with Crippen LogP contribution in [0.4, 0.5) is 5.82 Å².